The van der Waals surface area contributed by atoms with Crippen molar-refractivity contribution in [3.63, 3.8) is 0 Å². The van der Waals surface area contributed by atoms with E-state index in [9.17, 15) is 13.2 Å². The van der Waals surface area contributed by atoms with Gasteiger partial charge in [-0.05, 0) is 43.2 Å². The number of para-hydroxylation sites is 1. The fourth-order valence-electron chi connectivity index (χ4n) is 2.38. The molecule has 130 valence electrons. The second-order valence-corrected chi connectivity index (χ2v) is 8.58. The third-order valence-electron chi connectivity index (χ3n) is 3.64. The molecule has 0 unspecified atom stereocenters. The van der Waals surface area contributed by atoms with Gasteiger partial charge in [0.25, 0.3) is 5.91 Å². The van der Waals surface area contributed by atoms with Crippen LogP contribution in [0.15, 0.2) is 36.4 Å². The first-order valence-electron chi connectivity index (χ1n) is 7.49. The smallest absolute Gasteiger partial charge is 0.257 e. The first kappa shape index (κ1) is 17.4. The van der Waals surface area contributed by atoms with Gasteiger partial charge >= 0.3 is 0 Å². The Hall–Kier alpha value is -2.45. The van der Waals surface area contributed by atoms with E-state index in [1.165, 1.54) is 17.4 Å². The Kier molecular flexibility index (Phi) is 4.49. The minimum absolute atomic E-state index is 0.340. The summed E-state index contributed by atoms with van der Waals surface area (Å²) in [6.07, 6.45) is 1.07. The van der Waals surface area contributed by atoms with E-state index in [2.05, 4.69) is 15.0 Å². The maximum atomic E-state index is 12.5. The van der Waals surface area contributed by atoms with Crippen molar-refractivity contribution < 1.29 is 13.2 Å². The molecule has 6 nitrogen and oxygen atoms in total. The first-order valence-corrected chi connectivity index (χ1v) is 10.2. The van der Waals surface area contributed by atoms with Crippen molar-refractivity contribution in [3.05, 3.63) is 53.1 Å². The fourth-order valence-corrected chi connectivity index (χ4v) is 3.94. The summed E-state index contributed by atoms with van der Waals surface area (Å²) >= 11 is 1.40. The van der Waals surface area contributed by atoms with Crippen LogP contribution in [0.3, 0.4) is 0 Å². The minimum Gasteiger partial charge on any atom is -0.298 e. The van der Waals surface area contributed by atoms with Crippen molar-refractivity contribution in [2.75, 3.05) is 16.3 Å². The number of hydrogen-bond acceptors (Lipinski definition) is 5. The molecule has 0 aliphatic rings. The van der Waals surface area contributed by atoms with E-state index in [1.807, 2.05) is 25.1 Å². The van der Waals surface area contributed by atoms with Gasteiger partial charge in [-0.1, -0.05) is 29.5 Å². The van der Waals surface area contributed by atoms with E-state index in [0.29, 0.717) is 16.4 Å². The van der Waals surface area contributed by atoms with Crippen molar-refractivity contribution >= 4 is 48.3 Å². The summed E-state index contributed by atoms with van der Waals surface area (Å²) in [5.74, 6) is -0.340. The maximum absolute atomic E-state index is 12.5. The number of benzene rings is 2. The van der Waals surface area contributed by atoms with Gasteiger partial charge in [0.1, 0.15) is 0 Å². The highest BCUT2D eigenvalue weighted by Crippen LogP contribution is 2.28. The van der Waals surface area contributed by atoms with Crippen LogP contribution in [-0.4, -0.2) is 25.6 Å². The zero-order valence-electron chi connectivity index (χ0n) is 14.0. The van der Waals surface area contributed by atoms with Crippen molar-refractivity contribution in [2.45, 2.75) is 13.8 Å². The highest BCUT2D eigenvalue weighted by Gasteiger charge is 2.13. The van der Waals surface area contributed by atoms with Crippen LogP contribution in [0.1, 0.15) is 21.5 Å². The summed E-state index contributed by atoms with van der Waals surface area (Å²) in [7, 11) is -3.42. The summed E-state index contributed by atoms with van der Waals surface area (Å²) in [4.78, 5) is 16.9. The second-order valence-electron chi connectivity index (χ2n) is 5.80. The Bertz CT molecular complexity index is 1070. The third-order valence-corrected chi connectivity index (χ3v) is 5.16. The Balaban J connectivity index is 1.87. The van der Waals surface area contributed by atoms with Gasteiger partial charge in [0.15, 0.2) is 5.13 Å². The molecule has 8 heteroatoms. The number of nitrogens with one attached hydrogen (secondary N) is 2. The number of amides is 1. The lowest BCUT2D eigenvalue weighted by Crippen LogP contribution is -2.14. The number of rotatable bonds is 4. The standard InChI is InChI=1S/C17H17N3O3S2/c1-10-7-8-12(9-13(10)20-25(3,22)23)16(21)19-17-18-15-11(2)5-4-6-14(15)24-17/h4-9,20H,1-3H3,(H,18,19,21). The van der Waals surface area contributed by atoms with Crippen molar-refractivity contribution in [3.8, 4) is 0 Å². The highest BCUT2D eigenvalue weighted by molar-refractivity contribution is 7.92. The Morgan fingerprint density at radius 3 is 2.56 bits per heavy atom. The van der Waals surface area contributed by atoms with Gasteiger partial charge in [0.2, 0.25) is 10.0 Å². The molecule has 0 bridgehead atoms. The lowest BCUT2D eigenvalue weighted by Gasteiger charge is -2.09. The molecule has 0 spiro atoms. The SMILES string of the molecule is Cc1ccc(C(=O)Nc2nc3c(C)cccc3s2)cc1NS(C)(=O)=O. The quantitative estimate of drug-likeness (QED) is 0.730. The normalized spacial score (nSPS) is 11.5. The van der Waals surface area contributed by atoms with Gasteiger partial charge in [0, 0.05) is 5.56 Å². The average molecular weight is 375 g/mol. The predicted octanol–water partition coefficient (Wildman–Crippen LogP) is 3.54. The number of anilines is 2. The third kappa shape index (κ3) is 3.97. The molecular weight excluding hydrogens is 358 g/mol. The largest absolute Gasteiger partial charge is 0.298 e. The van der Waals surface area contributed by atoms with E-state index < -0.39 is 10.0 Å². The predicted molar refractivity (Wildman–Crippen MR) is 102 cm³/mol. The number of aryl methyl sites for hydroxylation is 2. The van der Waals surface area contributed by atoms with Crippen LogP contribution in [0.4, 0.5) is 10.8 Å². The molecule has 1 aromatic heterocycles. The van der Waals surface area contributed by atoms with E-state index in [4.69, 9.17) is 0 Å². The molecule has 1 amide bonds. The number of carbonyl (C=O) groups excluding carboxylic acids is 1. The van der Waals surface area contributed by atoms with Crippen LogP contribution in [0, 0.1) is 13.8 Å². The van der Waals surface area contributed by atoms with Crippen molar-refractivity contribution in [1.29, 1.82) is 0 Å². The van der Waals surface area contributed by atoms with E-state index in [0.717, 1.165) is 27.6 Å². The van der Waals surface area contributed by atoms with Crippen LogP contribution in [0.2, 0.25) is 0 Å². The molecule has 2 N–H and O–H groups in total. The lowest BCUT2D eigenvalue weighted by atomic mass is 10.1. The summed E-state index contributed by atoms with van der Waals surface area (Å²) in [5.41, 5.74) is 3.39. The number of thiazole rings is 1. The van der Waals surface area contributed by atoms with Gasteiger partial charge < -0.3 is 0 Å². The first-order chi connectivity index (χ1) is 11.7. The van der Waals surface area contributed by atoms with E-state index in [1.54, 1.807) is 19.1 Å². The molecule has 1 heterocycles. The van der Waals surface area contributed by atoms with Gasteiger partial charge in [-0.3, -0.25) is 14.8 Å². The Labute approximate surface area is 150 Å². The summed E-state index contributed by atoms with van der Waals surface area (Å²) in [5, 5.41) is 3.28. The fraction of sp³-hybridized carbons (Fsp3) is 0.176. The average Bonchev–Trinajstić information content (AvgIpc) is 2.92. The molecule has 0 saturated heterocycles. The Morgan fingerprint density at radius 2 is 1.88 bits per heavy atom. The molecule has 2 aromatic carbocycles. The molecule has 0 aliphatic heterocycles. The minimum atomic E-state index is -3.42. The molecule has 0 atom stereocenters. The van der Waals surface area contributed by atoms with Crippen molar-refractivity contribution in [1.82, 2.24) is 4.98 Å². The van der Waals surface area contributed by atoms with Gasteiger partial charge in [0.05, 0.1) is 22.2 Å². The van der Waals surface area contributed by atoms with E-state index >= 15 is 0 Å². The van der Waals surface area contributed by atoms with Gasteiger partial charge in [-0.15, -0.1) is 0 Å². The summed E-state index contributed by atoms with van der Waals surface area (Å²) in [6.45, 7) is 3.74. The number of fused-ring (bicyclic) bond motifs is 1. The van der Waals surface area contributed by atoms with Crippen LogP contribution >= 0.6 is 11.3 Å². The number of aromatic nitrogens is 1. The second kappa shape index (κ2) is 6.45. The van der Waals surface area contributed by atoms with Gasteiger partial charge in [-0.25, -0.2) is 13.4 Å². The lowest BCUT2D eigenvalue weighted by molar-refractivity contribution is 0.102. The monoisotopic (exact) mass is 375 g/mol. The Morgan fingerprint density at radius 1 is 1.12 bits per heavy atom. The number of nitrogens with zero attached hydrogens (tertiary/aromatic N) is 1. The van der Waals surface area contributed by atoms with Crippen LogP contribution in [0.5, 0.6) is 0 Å². The van der Waals surface area contributed by atoms with Crippen LogP contribution in [-0.2, 0) is 10.0 Å². The van der Waals surface area contributed by atoms with E-state index in [-0.39, 0.29) is 5.91 Å². The molecule has 0 fully saturated rings. The van der Waals surface area contributed by atoms with Crippen LogP contribution in [0.25, 0.3) is 10.2 Å². The van der Waals surface area contributed by atoms with Gasteiger partial charge in [-0.2, -0.15) is 0 Å². The number of carbonyl (C=O) groups is 1. The molecule has 3 aromatic rings. The maximum Gasteiger partial charge on any atom is 0.257 e. The molecule has 0 saturated carbocycles. The molecule has 3 rings (SSSR count). The topological polar surface area (TPSA) is 88.2 Å². The summed E-state index contributed by atoms with van der Waals surface area (Å²) < 4.78 is 26.3. The van der Waals surface area contributed by atoms with Crippen molar-refractivity contribution in [2.24, 2.45) is 0 Å². The van der Waals surface area contributed by atoms with Crippen LogP contribution < -0.4 is 10.0 Å². The molecular formula is C17H17N3O3S2. The molecule has 0 radical (unpaired) electrons. The zero-order valence-corrected chi connectivity index (χ0v) is 15.6. The molecule has 0 aliphatic carbocycles. The zero-order chi connectivity index (χ0) is 18.2. The number of hydrogen-bond donors (Lipinski definition) is 2. The molecule has 25 heavy (non-hydrogen) atoms. The highest BCUT2D eigenvalue weighted by atomic mass is 32.2. The summed E-state index contributed by atoms with van der Waals surface area (Å²) in [6, 6.07) is 10.7. The number of sulfonamides is 1.